The van der Waals surface area contributed by atoms with Crippen molar-refractivity contribution < 1.29 is 27.1 Å². The SMILES string of the molecule is COCCCNC(=S)N1CCN(S(=O)(=O)c2c(C)oc(C)c2C(=O)OC)CC1. The highest BCUT2D eigenvalue weighted by Gasteiger charge is 2.37. The number of methoxy groups -OCH3 is 2. The number of rotatable bonds is 7. The first-order valence-electron chi connectivity index (χ1n) is 8.94. The molecule has 0 atom stereocenters. The minimum absolute atomic E-state index is 0.0437. The van der Waals surface area contributed by atoms with Crippen LogP contribution in [0.1, 0.15) is 28.3 Å². The summed E-state index contributed by atoms with van der Waals surface area (Å²) in [7, 11) is -1.05. The van der Waals surface area contributed by atoms with Crippen molar-refractivity contribution in [2.75, 3.05) is 53.6 Å². The van der Waals surface area contributed by atoms with E-state index in [9.17, 15) is 13.2 Å². The molecule has 1 fully saturated rings. The van der Waals surface area contributed by atoms with Crippen molar-refractivity contribution in [3.63, 3.8) is 0 Å². The monoisotopic (exact) mass is 433 g/mol. The Morgan fingerprint density at radius 3 is 2.39 bits per heavy atom. The molecule has 0 spiro atoms. The number of carbonyl (C=O) groups excluding carboxylic acids is 1. The van der Waals surface area contributed by atoms with E-state index in [1.54, 1.807) is 14.0 Å². The minimum Gasteiger partial charge on any atom is -0.465 e. The fraction of sp³-hybridized carbons (Fsp3) is 0.647. The number of esters is 1. The number of nitrogens with one attached hydrogen (secondary N) is 1. The molecule has 28 heavy (non-hydrogen) atoms. The molecular formula is C17H27N3O6S2. The van der Waals surface area contributed by atoms with Gasteiger partial charge in [0.05, 0.1) is 7.11 Å². The largest absolute Gasteiger partial charge is 0.465 e. The Hall–Kier alpha value is -1.69. The molecule has 1 aliphatic heterocycles. The van der Waals surface area contributed by atoms with E-state index in [0.29, 0.717) is 31.4 Å². The zero-order chi connectivity index (χ0) is 20.9. The van der Waals surface area contributed by atoms with Crippen LogP contribution in [-0.4, -0.2) is 82.3 Å². The fourth-order valence-corrected chi connectivity index (χ4v) is 5.17. The smallest absolute Gasteiger partial charge is 0.342 e. The van der Waals surface area contributed by atoms with Crippen molar-refractivity contribution in [1.29, 1.82) is 0 Å². The number of hydrogen-bond donors (Lipinski definition) is 1. The molecule has 0 radical (unpaired) electrons. The second-order valence-corrected chi connectivity index (χ2v) is 8.64. The summed E-state index contributed by atoms with van der Waals surface area (Å²) in [6, 6.07) is 0. The summed E-state index contributed by atoms with van der Waals surface area (Å²) in [5.74, 6) is -0.327. The van der Waals surface area contributed by atoms with Crippen molar-refractivity contribution in [1.82, 2.24) is 14.5 Å². The van der Waals surface area contributed by atoms with Crippen molar-refractivity contribution in [3.8, 4) is 0 Å². The van der Waals surface area contributed by atoms with E-state index < -0.39 is 16.0 Å². The second kappa shape index (κ2) is 9.68. The molecule has 1 aromatic rings. The number of aryl methyl sites for hydroxylation is 2. The molecule has 9 nitrogen and oxygen atoms in total. The van der Waals surface area contributed by atoms with Gasteiger partial charge in [-0.15, -0.1) is 0 Å². The van der Waals surface area contributed by atoms with Crippen LogP contribution in [0.2, 0.25) is 0 Å². The number of thiocarbonyl (C=S) groups is 1. The van der Waals surface area contributed by atoms with Crippen LogP contribution < -0.4 is 5.32 Å². The zero-order valence-electron chi connectivity index (χ0n) is 16.6. The van der Waals surface area contributed by atoms with Gasteiger partial charge in [0.15, 0.2) is 5.11 Å². The normalized spacial score (nSPS) is 15.5. The van der Waals surface area contributed by atoms with Crippen LogP contribution >= 0.6 is 12.2 Å². The predicted molar refractivity (Wildman–Crippen MR) is 107 cm³/mol. The summed E-state index contributed by atoms with van der Waals surface area (Å²) in [6.07, 6.45) is 0.834. The highest BCUT2D eigenvalue weighted by atomic mass is 32.2. The molecule has 0 aromatic carbocycles. The molecular weight excluding hydrogens is 406 g/mol. The van der Waals surface area contributed by atoms with Gasteiger partial charge in [-0.1, -0.05) is 0 Å². The highest BCUT2D eigenvalue weighted by Crippen LogP contribution is 2.30. The van der Waals surface area contributed by atoms with E-state index in [0.717, 1.165) is 6.42 Å². The quantitative estimate of drug-likeness (QED) is 0.382. The van der Waals surface area contributed by atoms with Crippen LogP contribution in [0.3, 0.4) is 0 Å². The van der Waals surface area contributed by atoms with Crippen LogP contribution in [0.5, 0.6) is 0 Å². The van der Waals surface area contributed by atoms with Gasteiger partial charge in [-0.25, -0.2) is 13.2 Å². The first-order valence-corrected chi connectivity index (χ1v) is 10.8. The van der Waals surface area contributed by atoms with Crippen LogP contribution in [0, 0.1) is 13.8 Å². The van der Waals surface area contributed by atoms with Crippen molar-refractivity contribution >= 4 is 33.3 Å². The third-order valence-electron chi connectivity index (χ3n) is 4.52. The molecule has 0 unspecified atom stereocenters. The predicted octanol–water partition coefficient (Wildman–Crippen LogP) is 0.900. The Labute approximate surface area is 171 Å². The van der Waals surface area contributed by atoms with E-state index >= 15 is 0 Å². The maximum absolute atomic E-state index is 13.2. The topological polar surface area (TPSA) is 101 Å². The van der Waals surface area contributed by atoms with Gasteiger partial charge in [0, 0.05) is 46.4 Å². The lowest BCUT2D eigenvalue weighted by Crippen LogP contribution is -2.53. The van der Waals surface area contributed by atoms with Crippen LogP contribution in [-0.2, 0) is 19.5 Å². The summed E-state index contributed by atoms with van der Waals surface area (Å²) in [5.41, 5.74) is -0.0437. The Morgan fingerprint density at radius 2 is 1.82 bits per heavy atom. The number of piperazine rings is 1. The molecule has 0 amide bonds. The van der Waals surface area contributed by atoms with E-state index in [-0.39, 0.29) is 35.1 Å². The second-order valence-electron chi connectivity index (χ2n) is 6.38. The Balaban J connectivity index is 2.08. The van der Waals surface area contributed by atoms with Gasteiger partial charge < -0.3 is 24.1 Å². The van der Waals surface area contributed by atoms with Crippen molar-refractivity contribution in [3.05, 3.63) is 17.1 Å². The maximum Gasteiger partial charge on any atom is 0.342 e. The summed E-state index contributed by atoms with van der Waals surface area (Å²) >= 11 is 5.37. The van der Waals surface area contributed by atoms with Gasteiger partial charge >= 0.3 is 5.97 Å². The average Bonchev–Trinajstić information content (AvgIpc) is 2.99. The van der Waals surface area contributed by atoms with Gasteiger partial charge in [0.1, 0.15) is 22.0 Å². The van der Waals surface area contributed by atoms with Gasteiger partial charge in [-0.05, 0) is 32.5 Å². The van der Waals surface area contributed by atoms with Gasteiger partial charge in [0.25, 0.3) is 0 Å². The number of ether oxygens (including phenoxy) is 2. The number of nitrogens with zero attached hydrogens (tertiary/aromatic N) is 2. The Kier molecular flexibility index (Phi) is 7.81. The summed E-state index contributed by atoms with van der Waals surface area (Å²) in [4.78, 5) is 13.9. The fourth-order valence-electron chi connectivity index (χ4n) is 3.10. The molecule has 158 valence electrons. The number of sulfonamides is 1. The number of carbonyl (C=O) groups is 1. The highest BCUT2D eigenvalue weighted by molar-refractivity contribution is 7.89. The lowest BCUT2D eigenvalue weighted by molar-refractivity contribution is 0.0594. The molecule has 0 aliphatic carbocycles. The molecule has 1 aromatic heterocycles. The molecule has 2 heterocycles. The zero-order valence-corrected chi connectivity index (χ0v) is 18.2. The minimum atomic E-state index is -3.90. The first-order chi connectivity index (χ1) is 13.2. The average molecular weight is 434 g/mol. The Bertz CT molecular complexity index is 813. The van der Waals surface area contributed by atoms with Crippen LogP contribution in [0.15, 0.2) is 9.31 Å². The first kappa shape index (κ1) is 22.6. The van der Waals surface area contributed by atoms with Crippen molar-refractivity contribution in [2.45, 2.75) is 25.2 Å². The summed E-state index contributed by atoms with van der Waals surface area (Å²) < 4.78 is 42.8. The molecule has 1 N–H and O–H groups in total. The van der Waals surface area contributed by atoms with E-state index in [1.165, 1.54) is 18.3 Å². The van der Waals surface area contributed by atoms with Gasteiger partial charge in [-0.3, -0.25) is 0 Å². The molecule has 1 aliphatic rings. The van der Waals surface area contributed by atoms with Crippen LogP contribution in [0.4, 0.5) is 0 Å². The molecule has 2 rings (SSSR count). The van der Waals surface area contributed by atoms with E-state index in [4.69, 9.17) is 26.1 Å². The van der Waals surface area contributed by atoms with E-state index in [1.807, 2.05) is 4.90 Å². The lowest BCUT2D eigenvalue weighted by Gasteiger charge is -2.35. The standard InChI is InChI=1S/C17H27N3O6S2/c1-12-14(16(21)25-4)15(13(2)26-12)28(22,23)20-9-7-19(8-10-20)17(27)18-6-5-11-24-3/h5-11H2,1-4H3,(H,18,27). The molecule has 11 heteroatoms. The summed E-state index contributed by atoms with van der Waals surface area (Å²) in [6.45, 7) is 5.84. The lowest BCUT2D eigenvalue weighted by atomic mass is 10.2. The molecule has 1 saturated heterocycles. The Morgan fingerprint density at radius 1 is 1.18 bits per heavy atom. The molecule has 0 bridgehead atoms. The van der Waals surface area contributed by atoms with Gasteiger partial charge in [0.2, 0.25) is 10.0 Å². The summed E-state index contributed by atoms with van der Waals surface area (Å²) in [5, 5.41) is 3.75. The van der Waals surface area contributed by atoms with E-state index in [2.05, 4.69) is 5.32 Å². The third kappa shape index (κ3) is 4.83. The maximum atomic E-state index is 13.2. The number of furan rings is 1. The molecule has 0 saturated carbocycles. The third-order valence-corrected chi connectivity index (χ3v) is 6.97. The number of hydrogen-bond acceptors (Lipinski definition) is 7. The van der Waals surface area contributed by atoms with Crippen molar-refractivity contribution in [2.24, 2.45) is 0 Å². The van der Waals surface area contributed by atoms with Crippen LogP contribution in [0.25, 0.3) is 0 Å². The van der Waals surface area contributed by atoms with Gasteiger partial charge in [-0.2, -0.15) is 4.31 Å².